The summed E-state index contributed by atoms with van der Waals surface area (Å²) < 4.78 is 45.4. The summed E-state index contributed by atoms with van der Waals surface area (Å²) in [6, 6.07) is 23.4. The van der Waals surface area contributed by atoms with Gasteiger partial charge >= 0.3 is 11.9 Å². The molecule has 0 aliphatic heterocycles. The van der Waals surface area contributed by atoms with Crippen molar-refractivity contribution >= 4 is 23.3 Å². The molecule has 4 aromatic rings. The highest BCUT2D eigenvalue weighted by Crippen LogP contribution is 2.46. The number of carbonyl (C=O) groups excluding carboxylic acids is 2. The molecule has 0 atom stereocenters. The highest BCUT2D eigenvalue weighted by Gasteiger charge is 2.22. The quantitative estimate of drug-likeness (QED) is 0.0263. The lowest BCUT2D eigenvalue weighted by atomic mass is 10.2. The predicted molar refractivity (Wildman–Crippen MR) is 214 cm³/mol. The first kappa shape index (κ1) is 43.3. The molecular weight excluding hydrogens is 716 g/mol. The van der Waals surface area contributed by atoms with E-state index in [4.69, 9.17) is 37.9 Å². The van der Waals surface area contributed by atoms with Crippen LogP contribution in [0.1, 0.15) is 85.9 Å². The van der Waals surface area contributed by atoms with Gasteiger partial charge in [0.25, 0.3) is 0 Å². The van der Waals surface area contributed by atoms with Crippen molar-refractivity contribution in [2.75, 3.05) is 53.9 Å². The van der Waals surface area contributed by atoms with Gasteiger partial charge in [0.2, 0.25) is 5.75 Å². The van der Waals surface area contributed by atoms with Crippen LogP contribution in [-0.4, -0.2) is 65.8 Å². The second-order valence-corrected chi connectivity index (χ2v) is 12.8. The standard InChI is InChI=1S/C44H54N2O10/c1-5-7-9-11-27-53-41-39(46-45-35-17-23-38(24-18-35)55-43(47)33-13-19-36(20-14-33)51-31-29-49-3)25-26-40(42(41)54-28-12-10-8-6-2)56-44(48)34-15-21-37(22-16-34)52-32-30-50-4/h13-26H,5-12,27-32H2,1-4H3. The number of ether oxygens (including phenoxy) is 8. The largest absolute Gasteiger partial charge is 0.491 e. The van der Waals surface area contributed by atoms with E-state index in [1.54, 1.807) is 99.1 Å². The molecule has 0 radical (unpaired) electrons. The Labute approximate surface area is 330 Å². The Balaban J connectivity index is 1.53. The van der Waals surface area contributed by atoms with Crippen molar-refractivity contribution in [3.05, 3.63) is 96.1 Å². The summed E-state index contributed by atoms with van der Waals surface area (Å²) in [5, 5.41) is 8.98. The van der Waals surface area contributed by atoms with Crippen LogP contribution >= 0.6 is 0 Å². The van der Waals surface area contributed by atoms with E-state index in [0.717, 1.165) is 51.4 Å². The van der Waals surface area contributed by atoms with Gasteiger partial charge in [0, 0.05) is 14.2 Å². The van der Waals surface area contributed by atoms with Crippen molar-refractivity contribution in [3.63, 3.8) is 0 Å². The number of hydrogen-bond acceptors (Lipinski definition) is 12. The van der Waals surface area contributed by atoms with Crippen molar-refractivity contribution < 1.29 is 47.5 Å². The first-order chi connectivity index (χ1) is 27.4. The maximum atomic E-state index is 13.4. The van der Waals surface area contributed by atoms with Crippen molar-refractivity contribution in [3.8, 4) is 34.5 Å². The number of benzene rings is 4. The molecule has 0 saturated heterocycles. The number of esters is 2. The van der Waals surface area contributed by atoms with Crippen molar-refractivity contribution in [1.29, 1.82) is 0 Å². The van der Waals surface area contributed by atoms with Crippen LogP contribution in [0.2, 0.25) is 0 Å². The minimum absolute atomic E-state index is 0.216. The Morgan fingerprint density at radius 3 is 1.48 bits per heavy atom. The third-order valence-electron chi connectivity index (χ3n) is 8.36. The van der Waals surface area contributed by atoms with Gasteiger partial charge in [-0.1, -0.05) is 52.4 Å². The molecule has 0 spiro atoms. The summed E-state index contributed by atoms with van der Waals surface area (Å²) in [4.78, 5) is 26.1. The van der Waals surface area contributed by atoms with E-state index < -0.39 is 11.9 Å². The van der Waals surface area contributed by atoms with Gasteiger partial charge in [0.05, 0.1) is 43.2 Å². The second kappa shape index (κ2) is 24.8. The van der Waals surface area contributed by atoms with E-state index in [9.17, 15) is 9.59 Å². The predicted octanol–water partition coefficient (Wildman–Crippen LogP) is 10.5. The smallest absolute Gasteiger partial charge is 0.343 e. The summed E-state index contributed by atoms with van der Waals surface area (Å²) >= 11 is 0. The van der Waals surface area contributed by atoms with Crippen molar-refractivity contribution in [2.24, 2.45) is 10.2 Å². The van der Waals surface area contributed by atoms with E-state index in [2.05, 4.69) is 24.1 Å². The summed E-state index contributed by atoms with van der Waals surface area (Å²) in [7, 11) is 3.21. The number of hydrogen-bond donors (Lipinski definition) is 0. The van der Waals surface area contributed by atoms with E-state index >= 15 is 0 Å². The van der Waals surface area contributed by atoms with E-state index in [-0.39, 0.29) is 11.5 Å². The van der Waals surface area contributed by atoms with Crippen LogP contribution in [0.5, 0.6) is 34.5 Å². The van der Waals surface area contributed by atoms with Crippen LogP contribution < -0.4 is 28.4 Å². The molecule has 0 aliphatic carbocycles. The molecule has 0 bridgehead atoms. The Morgan fingerprint density at radius 2 is 0.964 bits per heavy atom. The van der Waals surface area contributed by atoms with Gasteiger partial charge < -0.3 is 37.9 Å². The summed E-state index contributed by atoms with van der Waals surface area (Å²) in [6.07, 6.45) is 8.01. The molecule has 0 heterocycles. The molecule has 4 rings (SSSR count). The number of rotatable bonds is 26. The molecule has 4 aromatic carbocycles. The normalized spacial score (nSPS) is 11.0. The molecule has 0 fully saturated rings. The molecule has 12 heteroatoms. The van der Waals surface area contributed by atoms with Gasteiger partial charge in [-0.3, -0.25) is 0 Å². The van der Waals surface area contributed by atoms with Crippen LogP contribution in [0, 0.1) is 0 Å². The lowest BCUT2D eigenvalue weighted by molar-refractivity contribution is 0.0720. The zero-order valence-corrected chi connectivity index (χ0v) is 33.0. The molecular formula is C44H54N2O10. The summed E-state index contributed by atoms with van der Waals surface area (Å²) in [6.45, 7) is 6.85. The molecule has 0 unspecified atom stereocenters. The Kier molecular flexibility index (Phi) is 19.2. The SMILES string of the molecule is CCCCCCOc1c(N=Nc2ccc(OC(=O)c3ccc(OCCOC)cc3)cc2)ccc(OC(=O)c2ccc(OCCOC)cc2)c1OCCCCCC. The average Bonchev–Trinajstić information content (AvgIpc) is 3.22. The number of azo groups is 1. The van der Waals surface area contributed by atoms with Gasteiger partial charge in [-0.25, -0.2) is 9.59 Å². The highest BCUT2D eigenvalue weighted by atomic mass is 16.6. The van der Waals surface area contributed by atoms with Crippen LogP contribution in [0.4, 0.5) is 11.4 Å². The molecule has 0 saturated carbocycles. The minimum Gasteiger partial charge on any atom is -0.491 e. The molecule has 300 valence electrons. The zero-order chi connectivity index (χ0) is 39.8. The molecule has 0 amide bonds. The Bertz CT molecular complexity index is 1780. The fourth-order valence-electron chi connectivity index (χ4n) is 5.25. The summed E-state index contributed by atoms with van der Waals surface area (Å²) in [5.74, 6) is 1.38. The van der Waals surface area contributed by atoms with Crippen LogP contribution in [-0.2, 0) is 9.47 Å². The molecule has 12 nitrogen and oxygen atoms in total. The molecule has 56 heavy (non-hydrogen) atoms. The molecule has 0 aromatic heterocycles. The van der Waals surface area contributed by atoms with Gasteiger partial charge in [-0.05, 0) is 97.8 Å². The van der Waals surface area contributed by atoms with E-state index in [1.807, 2.05) is 0 Å². The zero-order valence-electron chi connectivity index (χ0n) is 33.0. The van der Waals surface area contributed by atoms with Gasteiger partial charge in [-0.15, -0.1) is 5.11 Å². The maximum Gasteiger partial charge on any atom is 0.343 e. The lowest BCUT2D eigenvalue weighted by Crippen LogP contribution is -2.11. The highest BCUT2D eigenvalue weighted by molar-refractivity contribution is 5.92. The number of nitrogens with zero attached hydrogens (tertiary/aromatic N) is 2. The van der Waals surface area contributed by atoms with Crippen molar-refractivity contribution in [2.45, 2.75) is 65.2 Å². The topological polar surface area (TPSA) is 133 Å². The monoisotopic (exact) mass is 770 g/mol. The fraction of sp³-hybridized carbons (Fsp3) is 0.409. The third-order valence-corrected chi connectivity index (χ3v) is 8.36. The first-order valence-electron chi connectivity index (χ1n) is 19.3. The van der Waals surface area contributed by atoms with Crippen LogP contribution in [0.3, 0.4) is 0 Å². The second-order valence-electron chi connectivity index (χ2n) is 12.8. The Hall–Kier alpha value is -5.46. The summed E-state index contributed by atoms with van der Waals surface area (Å²) in [5.41, 5.74) is 1.66. The Morgan fingerprint density at radius 1 is 0.464 bits per heavy atom. The van der Waals surface area contributed by atoms with Gasteiger partial charge in [0.15, 0.2) is 11.5 Å². The van der Waals surface area contributed by atoms with Crippen LogP contribution in [0.25, 0.3) is 0 Å². The third kappa shape index (κ3) is 14.6. The van der Waals surface area contributed by atoms with E-state index in [1.165, 1.54) is 0 Å². The number of methoxy groups -OCH3 is 2. The maximum absolute atomic E-state index is 13.4. The first-order valence-corrected chi connectivity index (χ1v) is 19.3. The fourth-order valence-corrected chi connectivity index (χ4v) is 5.25. The van der Waals surface area contributed by atoms with Gasteiger partial charge in [0.1, 0.15) is 36.1 Å². The lowest BCUT2D eigenvalue weighted by Gasteiger charge is -2.18. The van der Waals surface area contributed by atoms with Crippen molar-refractivity contribution in [1.82, 2.24) is 0 Å². The average molecular weight is 771 g/mol. The molecule has 0 aliphatic rings. The van der Waals surface area contributed by atoms with E-state index in [0.29, 0.717) is 85.1 Å². The molecule has 0 N–H and O–H groups in total. The number of carbonyl (C=O) groups is 2. The van der Waals surface area contributed by atoms with Crippen LogP contribution in [0.15, 0.2) is 95.2 Å². The van der Waals surface area contributed by atoms with Gasteiger partial charge in [-0.2, -0.15) is 5.11 Å². The number of unbranched alkanes of at least 4 members (excludes halogenated alkanes) is 6. The minimum atomic E-state index is -0.558.